The van der Waals surface area contributed by atoms with Crippen LogP contribution >= 0.6 is 11.8 Å². The largest absolute Gasteiger partial charge is 0.394 e. The maximum absolute atomic E-state index is 9.76. The van der Waals surface area contributed by atoms with Crippen molar-refractivity contribution in [1.82, 2.24) is 5.32 Å². The Morgan fingerprint density at radius 2 is 2.00 bits per heavy atom. The molecule has 2 nitrogen and oxygen atoms in total. The maximum Gasteiger partial charge on any atom is 0.0616 e. The van der Waals surface area contributed by atoms with Crippen molar-refractivity contribution in [3.8, 4) is 0 Å². The average Bonchev–Trinajstić information content (AvgIpc) is 3.01. The lowest BCUT2D eigenvalue weighted by molar-refractivity contribution is 0.124. The van der Waals surface area contributed by atoms with Crippen molar-refractivity contribution in [2.24, 2.45) is 5.92 Å². The van der Waals surface area contributed by atoms with E-state index in [1.165, 1.54) is 50.7 Å². The van der Waals surface area contributed by atoms with Crippen LogP contribution in [-0.2, 0) is 0 Å². The van der Waals surface area contributed by atoms with Crippen molar-refractivity contribution in [2.75, 3.05) is 18.9 Å². The first-order valence-corrected chi connectivity index (χ1v) is 8.83. The van der Waals surface area contributed by atoms with E-state index in [9.17, 15) is 5.11 Å². The lowest BCUT2D eigenvalue weighted by Gasteiger charge is -2.35. The van der Waals surface area contributed by atoms with E-state index >= 15 is 0 Å². The van der Waals surface area contributed by atoms with Gasteiger partial charge in [0.2, 0.25) is 0 Å². The highest BCUT2D eigenvalue weighted by molar-refractivity contribution is 7.99. The first-order chi connectivity index (χ1) is 8.80. The summed E-state index contributed by atoms with van der Waals surface area (Å²) in [6, 6.07) is 0. The van der Waals surface area contributed by atoms with Gasteiger partial charge in [0.15, 0.2) is 0 Å². The monoisotopic (exact) mass is 271 g/mol. The molecule has 2 fully saturated rings. The van der Waals surface area contributed by atoms with Crippen molar-refractivity contribution >= 4 is 11.8 Å². The van der Waals surface area contributed by atoms with Crippen LogP contribution in [0.2, 0.25) is 0 Å². The lowest BCUT2D eigenvalue weighted by atomic mass is 9.86. The van der Waals surface area contributed by atoms with Crippen molar-refractivity contribution in [3.63, 3.8) is 0 Å². The molecule has 2 rings (SSSR count). The molecule has 0 saturated heterocycles. The summed E-state index contributed by atoms with van der Waals surface area (Å²) < 4.78 is 0. The molecule has 0 aromatic heterocycles. The van der Waals surface area contributed by atoms with E-state index in [0.717, 1.165) is 18.2 Å². The Balaban J connectivity index is 1.76. The lowest BCUT2D eigenvalue weighted by Crippen LogP contribution is -2.51. The second-order valence-corrected chi connectivity index (χ2v) is 7.41. The highest BCUT2D eigenvalue weighted by Gasteiger charge is 2.41. The number of aliphatic hydroxyl groups excluding tert-OH is 1. The fourth-order valence-corrected chi connectivity index (χ4v) is 5.27. The zero-order valence-electron chi connectivity index (χ0n) is 11.8. The molecule has 18 heavy (non-hydrogen) atoms. The fraction of sp³-hybridized carbons (Fsp3) is 1.00. The van der Waals surface area contributed by atoms with Crippen molar-refractivity contribution in [1.29, 1.82) is 0 Å². The first-order valence-electron chi connectivity index (χ1n) is 7.78. The summed E-state index contributed by atoms with van der Waals surface area (Å²) in [7, 11) is 0. The quantitative estimate of drug-likeness (QED) is 0.746. The Bertz CT molecular complexity index is 243. The summed E-state index contributed by atoms with van der Waals surface area (Å²) in [4.78, 5) is 0. The number of rotatable bonds is 7. The molecule has 3 heteroatoms. The van der Waals surface area contributed by atoms with Gasteiger partial charge in [-0.25, -0.2) is 0 Å². The minimum Gasteiger partial charge on any atom is -0.394 e. The molecule has 106 valence electrons. The summed E-state index contributed by atoms with van der Waals surface area (Å²) in [5, 5.41) is 14.3. The van der Waals surface area contributed by atoms with Crippen LogP contribution in [0.1, 0.15) is 58.3 Å². The molecule has 0 amide bonds. The fourth-order valence-electron chi connectivity index (χ4n) is 3.85. The van der Waals surface area contributed by atoms with E-state index in [1.807, 2.05) is 0 Å². The second-order valence-electron chi connectivity index (χ2n) is 6.00. The van der Waals surface area contributed by atoms with Crippen LogP contribution in [-0.4, -0.2) is 34.8 Å². The average molecular weight is 271 g/mol. The summed E-state index contributed by atoms with van der Waals surface area (Å²) in [6.07, 6.45) is 10.8. The summed E-state index contributed by atoms with van der Waals surface area (Å²) in [5.74, 6) is 1.99. The molecular formula is C15H29NOS. The van der Waals surface area contributed by atoms with Gasteiger partial charge in [-0.3, -0.25) is 0 Å². The highest BCUT2D eigenvalue weighted by atomic mass is 32.2. The third-order valence-electron chi connectivity index (χ3n) is 4.89. The summed E-state index contributed by atoms with van der Waals surface area (Å²) in [5.41, 5.74) is 0.0466. The molecule has 0 radical (unpaired) electrons. The predicted molar refractivity (Wildman–Crippen MR) is 80.2 cm³/mol. The van der Waals surface area contributed by atoms with E-state index in [1.54, 1.807) is 0 Å². The maximum atomic E-state index is 9.76. The van der Waals surface area contributed by atoms with Crippen LogP contribution in [0.25, 0.3) is 0 Å². The zero-order chi connectivity index (χ0) is 12.8. The standard InChI is InChI=1S/C15H29NOS/c1-2-16-15(12-17)10-5-6-13(15)9-11-18-14-7-3-4-8-14/h13-14,16-17H,2-12H2,1H3. The SMILES string of the molecule is CCNC1(CO)CCCC1CCSC1CCCC1. The van der Waals surface area contributed by atoms with Crippen molar-refractivity contribution in [2.45, 2.75) is 69.1 Å². The topological polar surface area (TPSA) is 32.3 Å². The van der Waals surface area contributed by atoms with Crippen molar-refractivity contribution in [3.05, 3.63) is 0 Å². The van der Waals surface area contributed by atoms with Crippen molar-refractivity contribution < 1.29 is 5.11 Å². The predicted octanol–water partition coefficient (Wildman–Crippen LogP) is 3.19. The van der Waals surface area contributed by atoms with E-state index in [2.05, 4.69) is 24.0 Å². The Hall–Kier alpha value is 0.270. The van der Waals surface area contributed by atoms with E-state index in [0.29, 0.717) is 12.5 Å². The number of hydrogen-bond acceptors (Lipinski definition) is 3. The Kier molecular flexibility index (Phi) is 5.84. The molecular weight excluding hydrogens is 242 g/mol. The minimum atomic E-state index is 0.0466. The van der Waals surface area contributed by atoms with Gasteiger partial charge in [0.25, 0.3) is 0 Å². The van der Waals surface area contributed by atoms with Gasteiger partial charge < -0.3 is 10.4 Å². The van der Waals surface area contributed by atoms with Crippen LogP contribution in [0.3, 0.4) is 0 Å². The Labute approximate surface area is 116 Å². The third kappa shape index (κ3) is 3.43. The molecule has 2 aliphatic carbocycles. The minimum absolute atomic E-state index is 0.0466. The van der Waals surface area contributed by atoms with Gasteiger partial charge in [0, 0.05) is 10.8 Å². The number of hydrogen-bond donors (Lipinski definition) is 2. The molecule has 0 heterocycles. The molecule has 0 aromatic rings. The van der Waals surface area contributed by atoms with Crippen LogP contribution in [0, 0.1) is 5.92 Å². The van der Waals surface area contributed by atoms with E-state index in [4.69, 9.17) is 0 Å². The van der Waals surface area contributed by atoms with Crippen LogP contribution in [0.5, 0.6) is 0 Å². The number of thioether (sulfide) groups is 1. The molecule has 0 aliphatic heterocycles. The molecule has 0 bridgehead atoms. The first kappa shape index (κ1) is 14.7. The van der Waals surface area contributed by atoms with Gasteiger partial charge in [0.05, 0.1) is 6.61 Å². The molecule has 2 aliphatic rings. The normalized spacial score (nSPS) is 33.3. The zero-order valence-corrected chi connectivity index (χ0v) is 12.6. The van der Waals surface area contributed by atoms with E-state index in [-0.39, 0.29) is 5.54 Å². The Morgan fingerprint density at radius 1 is 1.22 bits per heavy atom. The van der Waals surface area contributed by atoms with Gasteiger partial charge in [-0.05, 0) is 50.3 Å². The number of aliphatic hydroxyl groups is 1. The summed E-state index contributed by atoms with van der Waals surface area (Å²) in [6.45, 7) is 3.45. The highest BCUT2D eigenvalue weighted by Crippen LogP contribution is 2.39. The second kappa shape index (κ2) is 7.16. The van der Waals surface area contributed by atoms with Gasteiger partial charge >= 0.3 is 0 Å². The number of likely N-dealkylation sites (N-methyl/N-ethyl adjacent to an activating group) is 1. The molecule has 2 atom stereocenters. The molecule has 2 saturated carbocycles. The van der Waals surface area contributed by atoms with Crippen LogP contribution in [0.15, 0.2) is 0 Å². The third-order valence-corrected chi connectivity index (χ3v) is 6.30. The molecule has 2 unspecified atom stereocenters. The van der Waals surface area contributed by atoms with Gasteiger partial charge in [-0.15, -0.1) is 0 Å². The van der Waals surface area contributed by atoms with E-state index < -0.39 is 0 Å². The Morgan fingerprint density at radius 3 is 2.67 bits per heavy atom. The smallest absolute Gasteiger partial charge is 0.0616 e. The van der Waals surface area contributed by atoms with Crippen LogP contribution in [0.4, 0.5) is 0 Å². The molecule has 2 N–H and O–H groups in total. The van der Waals surface area contributed by atoms with Gasteiger partial charge in [0.1, 0.15) is 0 Å². The van der Waals surface area contributed by atoms with Gasteiger partial charge in [-0.1, -0.05) is 26.2 Å². The molecule has 0 aromatic carbocycles. The summed E-state index contributed by atoms with van der Waals surface area (Å²) >= 11 is 2.19. The van der Waals surface area contributed by atoms with Gasteiger partial charge in [-0.2, -0.15) is 11.8 Å². The molecule has 0 spiro atoms. The van der Waals surface area contributed by atoms with Crippen LogP contribution < -0.4 is 5.32 Å². The number of nitrogens with one attached hydrogen (secondary N) is 1.